The molecule has 0 fully saturated rings. The molecule has 0 heterocycles. The van der Waals surface area contributed by atoms with Crippen LogP contribution in [-0.2, 0) is 9.47 Å². The second kappa shape index (κ2) is 10.9. The molecule has 0 saturated heterocycles. The summed E-state index contributed by atoms with van der Waals surface area (Å²) in [5.41, 5.74) is 6.40. The highest BCUT2D eigenvalue weighted by molar-refractivity contribution is 5.51. The van der Waals surface area contributed by atoms with Gasteiger partial charge in [0.2, 0.25) is 0 Å². The quantitative estimate of drug-likeness (QED) is 0.268. The maximum absolute atomic E-state index is 10.5. The summed E-state index contributed by atoms with van der Waals surface area (Å²) in [6, 6.07) is 13.2. The molecule has 0 aliphatic heterocycles. The van der Waals surface area contributed by atoms with E-state index in [1.807, 2.05) is 18.2 Å². The van der Waals surface area contributed by atoms with Gasteiger partial charge in [-0.15, -0.1) is 0 Å². The first-order valence-electron chi connectivity index (χ1n) is 8.17. The van der Waals surface area contributed by atoms with E-state index in [9.17, 15) is 10.1 Å². The van der Waals surface area contributed by atoms with Gasteiger partial charge in [-0.2, -0.15) is 0 Å². The fourth-order valence-electron chi connectivity index (χ4n) is 2.03. The number of nitrogens with two attached hydrogens (primary N) is 1. The van der Waals surface area contributed by atoms with Gasteiger partial charge in [-0.25, -0.2) is 0 Å². The number of nitro benzene ring substituents is 1. The molecule has 140 valence electrons. The minimum absolute atomic E-state index is 0.0321. The van der Waals surface area contributed by atoms with Crippen molar-refractivity contribution in [3.63, 3.8) is 0 Å². The molecule has 2 N–H and O–H groups in total. The average molecular weight is 362 g/mol. The van der Waals surface area contributed by atoms with Crippen molar-refractivity contribution in [1.29, 1.82) is 0 Å². The summed E-state index contributed by atoms with van der Waals surface area (Å²) in [5, 5.41) is 10.5. The third-order valence-electron chi connectivity index (χ3n) is 3.32. The van der Waals surface area contributed by atoms with E-state index in [-0.39, 0.29) is 5.69 Å². The summed E-state index contributed by atoms with van der Waals surface area (Å²) in [7, 11) is 0. The topological polar surface area (TPSA) is 106 Å². The lowest BCUT2D eigenvalue weighted by Crippen LogP contribution is -2.13. The van der Waals surface area contributed by atoms with Crippen molar-refractivity contribution in [1.82, 2.24) is 0 Å². The SMILES string of the molecule is Nc1ccccc1OCCOCCOCCOc1ccc([N+](=O)[O-])cc1. The first-order chi connectivity index (χ1) is 12.7. The molecule has 0 aromatic heterocycles. The van der Waals surface area contributed by atoms with E-state index in [2.05, 4.69) is 0 Å². The Morgan fingerprint density at radius 3 is 2.00 bits per heavy atom. The van der Waals surface area contributed by atoms with Gasteiger partial charge in [0.05, 0.1) is 37.0 Å². The molecule has 8 heteroatoms. The number of non-ortho nitro benzene ring substituents is 1. The number of ether oxygens (including phenoxy) is 4. The van der Waals surface area contributed by atoms with Gasteiger partial charge < -0.3 is 24.7 Å². The number of anilines is 1. The van der Waals surface area contributed by atoms with E-state index in [0.29, 0.717) is 56.8 Å². The molecular formula is C18H22N2O6. The van der Waals surface area contributed by atoms with Crippen LogP contribution in [0.3, 0.4) is 0 Å². The van der Waals surface area contributed by atoms with E-state index in [4.69, 9.17) is 24.7 Å². The lowest BCUT2D eigenvalue weighted by molar-refractivity contribution is -0.384. The molecule has 0 saturated carbocycles. The van der Waals surface area contributed by atoms with Crippen LogP contribution in [0, 0.1) is 10.1 Å². The average Bonchev–Trinajstić information content (AvgIpc) is 2.65. The third-order valence-corrected chi connectivity index (χ3v) is 3.32. The number of para-hydroxylation sites is 2. The Balaban J connectivity index is 1.44. The molecule has 0 aliphatic rings. The molecule has 2 aromatic carbocycles. The predicted molar refractivity (Wildman–Crippen MR) is 96.6 cm³/mol. The highest BCUT2D eigenvalue weighted by atomic mass is 16.6. The van der Waals surface area contributed by atoms with Gasteiger partial charge in [-0.1, -0.05) is 12.1 Å². The van der Waals surface area contributed by atoms with Crippen molar-refractivity contribution in [2.24, 2.45) is 0 Å². The van der Waals surface area contributed by atoms with Crippen LogP contribution in [0.4, 0.5) is 11.4 Å². The van der Waals surface area contributed by atoms with Gasteiger partial charge in [0.1, 0.15) is 24.7 Å². The number of hydrogen-bond acceptors (Lipinski definition) is 7. The Bertz CT molecular complexity index is 678. The van der Waals surface area contributed by atoms with Crippen LogP contribution in [0.1, 0.15) is 0 Å². The number of rotatable bonds is 12. The number of nitrogens with zero attached hydrogens (tertiary/aromatic N) is 1. The largest absolute Gasteiger partial charge is 0.491 e. The zero-order valence-electron chi connectivity index (χ0n) is 14.3. The first-order valence-corrected chi connectivity index (χ1v) is 8.17. The third kappa shape index (κ3) is 6.96. The lowest BCUT2D eigenvalue weighted by Gasteiger charge is -2.09. The van der Waals surface area contributed by atoms with E-state index >= 15 is 0 Å². The zero-order valence-corrected chi connectivity index (χ0v) is 14.3. The second-order valence-corrected chi connectivity index (χ2v) is 5.21. The molecular weight excluding hydrogens is 340 g/mol. The van der Waals surface area contributed by atoms with Crippen molar-refractivity contribution < 1.29 is 23.9 Å². The Labute approximate surface area is 151 Å². The summed E-state index contributed by atoms with van der Waals surface area (Å²) in [6.07, 6.45) is 0. The Hall–Kier alpha value is -2.84. The molecule has 0 radical (unpaired) electrons. The predicted octanol–water partition coefficient (Wildman–Crippen LogP) is 2.67. The number of nitro groups is 1. The van der Waals surface area contributed by atoms with Gasteiger partial charge in [-0.3, -0.25) is 10.1 Å². The highest BCUT2D eigenvalue weighted by Crippen LogP contribution is 2.19. The Morgan fingerprint density at radius 1 is 0.808 bits per heavy atom. The highest BCUT2D eigenvalue weighted by Gasteiger charge is 2.04. The normalized spacial score (nSPS) is 10.5. The fraction of sp³-hybridized carbons (Fsp3) is 0.333. The minimum atomic E-state index is -0.452. The van der Waals surface area contributed by atoms with Crippen molar-refractivity contribution in [2.75, 3.05) is 45.4 Å². The van der Waals surface area contributed by atoms with Crippen molar-refractivity contribution in [3.05, 3.63) is 58.6 Å². The van der Waals surface area contributed by atoms with E-state index in [1.165, 1.54) is 12.1 Å². The zero-order chi connectivity index (χ0) is 18.6. The first kappa shape index (κ1) is 19.5. The van der Waals surface area contributed by atoms with Gasteiger partial charge in [0.15, 0.2) is 0 Å². The lowest BCUT2D eigenvalue weighted by atomic mass is 10.3. The maximum Gasteiger partial charge on any atom is 0.269 e. The summed E-state index contributed by atoms with van der Waals surface area (Å²) in [4.78, 5) is 10.1. The van der Waals surface area contributed by atoms with Crippen molar-refractivity contribution >= 4 is 11.4 Å². The molecule has 0 aliphatic carbocycles. The molecule has 8 nitrogen and oxygen atoms in total. The Morgan fingerprint density at radius 2 is 1.38 bits per heavy atom. The summed E-state index contributed by atoms with van der Waals surface area (Å²) >= 11 is 0. The summed E-state index contributed by atoms with van der Waals surface area (Å²) in [6.45, 7) is 2.50. The standard InChI is InChI=1S/C18H22N2O6/c19-17-3-1-2-4-18(17)26-14-12-24-10-9-23-11-13-25-16-7-5-15(6-8-16)20(21)22/h1-8H,9-14,19H2. The van der Waals surface area contributed by atoms with Crippen LogP contribution < -0.4 is 15.2 Å². The molecule has 0 spiro atoms. The number of nitrogen functional groups attached to an aromatic ring is 1. The van der Waals surface area contributed by atoms with Crippen LogP contribution in [0.25, 0.3) is 0 Å². The molecule has 2 aromatic rings. The van der Waals surface area contributed by atoms with Crippen LogP contribution >= 0.6 is 0 Å². The fourth-order valence-corrected chi connectivity index (χ4v) is 2.03. The number of hydrogen-bond donors (Lipinski definition) is 1. The van der Waals surface area contributed by atoms with Gasteiger partial charge in [0, 0.05) is 12.1 Å². The van der Waals surface area contributed by atoms with E-state index in [0.717, 1.165) is 0 Å². The van der Waals surface area contributed by atoms with Crippen LogP contribution in [0.15, 0.2) is 48.5 Å². The van der Waals surface area contributed by atoms with Gasteiger partial charge in [0.25, 0.3) is 5.69 Å². The molecule has 0 unspecified atom stereocenters. The minimum Gasteiger partial charge on any atom is -0.491 e. The molecule has 2 rings (SSSR count). The van der Waals surface area contributed by atoms with Gasteiger partial charge in [-0.05, 0) is 24.3 Å². The number of benzene rings is 2. The van der Waals surface area contributed by atoms with E-state index < -0.39 is 4.92 Å². The monoisotopic (exact) mass is 362 g/mol. The van der Waals surface area contributed by atoms with Crippen LogP contribution in [0.2, 0.25) is 0 Å². The van der Waals surface area contributed by atoms with Crippen LogP contribution in [-0.4, -0.2) is 44.6 Å². The van der Waals surface area contributed by atoms with Crippen LogP contribution in [0.5, 0.6) is 11.5 Å². The van der Waals surface area contributed by atoms with Crippen molar-refractivity contribution in [3.8, 4) is 11.5 Å². The maximum atomic E-state index is 10.5. The van der Waals surface area contributed by atoms with E-state index in [1.54, 1.807) is 18.2 Å². The summed E-state index contributed by atoms with van der Waals surface area (Å²) in [5.74, 6) is 1.21. The second-order valence-electron chi connectivity index (χ2n) is 5.21. The molecule has 0 atom stereocenters. The molecule has 0 amide bonds. The smallest absolute Gasteiger partial charge is 0.269 e. The molecule has 26 heavy (non-hydrogen) atoms. The summed E-state index contributed by atoms with van der Waals surface area (Å²) < 4.78 is 21.7. The van der Waals surface area contributed by atoms with Crippen molar-refractivity contribution in [2.45, 2.75) is 0 Å². The van der Waals surface area contributed by atoms with Gasteiger partial charge >= 0.3 is 0 Å². The Kier molecular flexibility index (Phi) is 8.17. The molecule has 0 bridgehead atoms.